The third-order valence-corrected chi connectivity index (χ3v) is 2.60. The first-order valence-electron chi connectivity index (χ1n) is 7.09. The van der Waals surface area contributed by atoms with E-state index in [2.05, 4.69) is 6.92 Å². The van der Waals surface area contributed by atoms with Crippen molar-refractivity contribution in [3.8, 4) is 0 Å². The molecule has 0 aromatic heterocycles. The molecule has 3 atom stereocenters. The second-order valence-corrected chi connectivity index (χ2v) is 4.96. The normalized spacial score (nSPS) is 15.5. The highest BCUT2D eigenvalue weighted by molar-refractivity contribution is 4.52. The average Bonchev–Trinajstić information content (AvgIpc) is 2.29. The molecule has 3 unspecified atom stereocenters. The lowest BCUT2D eigenvalue weighted by molar-refractivity contribution is 0.0861. The van der Waals surface area contributed by atoms with Crippen LogP contribution in [0.3, 0.4) is 0 Å². The second-order valence-electron chi connectivity index (χ2n) is 4.96. The molecular weight excluding hydrogens is 232 g/mol. The van der Waals surface area contributed by atoms with E-state index < -0.39 is 6.10 Å². The number of rotatable bonds is 9. The van der Waals surface area contributed by atoms with Crippen LogP contribution < -0.4 is 0 Å². The van der Waals surface area contributed by atoms with Crippen LogP contribution in [0.25, 0.3) is 0 Å². The predicted molar refractivity (Wildman–Crippen MR) is 74.4 cm³/mol. The minimum atomic E-state index is -0.489. The van der Waals surface area contributed by atoms with E-state index in [1.165, 1.54) is 0 Å². The molecule has 0 aliphatic rings. The Bertz CT molecular complexity index is 141. The van der Waals surface area contributed by atoms with E-state index in [0.717, 1.165) is 44.9 Å². The van der Waals surface area contributed by atoms with Gasteiger partial charge in [-0.25, -0.2) is 0 Å². The fourth-order valence-electron chi connectivity index (χ4n) is 1.43. The number of aliphatic hydroxyl groups is 4. The summed E-state index contributed by atoms with van der Waals surface area (Å²) in [5.41, 5.74) is 0. The lowest BCUT2D eigenvalue weighted by atomic mass is 10.1. The van der Waals surface area contributed by atoms with Crippen LogP contribution in [0.1, 0.15) is 65.7 Å². The van der Waals surface area contributed by atoms with E-state index in [1.54, 1.807) is 13.8 Å². The van der Waals surface area contributed by atoms with Crippen LogP contribution in [-0.2, 0) is 0 Å². The van der Waals surface area contributed by atoms with Crippen LogP contribution in [0.4, 0.5) is 0 Å². The molecule has 0 aliphatic carbocycles. The van der Waals surface area contributed by atoms with Crippen molar-refractivity contribution in [1.82, 2.24) is 0 Å². The molecule has 0 heterocycles. The third-order valence-electron chi connectivity index (χ3n) is 2.60. The van der Waals surface area contributed by atoms with E-state index in [-0.39, 0.29) is 18.8 Å². The van der Waals surface area contributed by atoms with Gasteiger partial charge in [0.15, 0.2) is 0 Å². The zero-order valence-electron chi connectivity index (χ0n) is 12.2. The molecule has 0 aromatic rings. The molecular formula is C14H32O4. The summed E-state index contributed by atoms with van der Waals surface area (Å²) in [4.78, 5) is 0. The Morgan fingerprint density at radius 2 is 1.28 bits per heavy atom. The quantitative estimate of drug-likeness (QED) is 0.479. The molecule has 4 N–H and O–H groups in total. The van der Waals surface area contributed by atoms with Gasteiger partial charge < -0.3 is 20.4 Å². The Kier molecular flexibility index (Phi) is 16.7. The average molecular weight is 264 g/mol. The topological polar surface area (TPSA) is 80.9 Å². The summed E-state index contributed by atoms with van der Waals surface area (Å²) < 4.78 is 0. The standard InChI is InChI=1S/2C7H16O2/c1-6(8)4-3-5-7(2)9;1-2-3-4-5-7(9)6-8/h6-9H,3-5H2,1-2H3;7-9H,2-6H2,1H3. The summed E-state index contributed by atoms with van der Waals surface area (Å²) in [6, 6.07) is 0. The van der Waals surface area contributed by atoms with Gasteiger partial charge in [0.05, 0.1) is 24.9 Å². The van der Waals surface area contributed by atoms with Crippen LogP contribution in [0, 0.1) is 0 Å². The van der Waals surface area contributed by atoms with Gasteiger partial charge in [-0.05, 0) is 39.5 Å². The summed E-state index contributed by atoms with van der Waals surface area (Å²) in [6.45, 7) is 5.55. The van der Waals surface area contributed by atoms with E-state index in [4.69, 9.17) is 20.4 Å². The second kappa shape index (κ2) is 14.9. The van der Waals surface area contributed by atoms with Gasteiger partial charge in [0.25, 0.3) is 0 Å². The molecule has 4 heteroatoms. The minimum absolute atomic E-state index is 0.0935. The number of hydrogen-bond acceptors (Lipinski definition) is 4. The van der Waals surface area contributed by atoms with E-state index in [9.17, 15) is 0 Å². The van der Waals surface area contributed by atoms with Crippen LogP contribution >= 0.6 is 0 Å². The largest absolute Gasteiger partial charge is 0.394 e. The SMILES string of the molecule is CC(O)CCCC(C)O.CCCCCC(O)CO. The number of unbranched alkanes of at least 4 members (excludes halogenated alkanes) is 2. The van der Waals surface area contributed by atoms with Crippen molar-refractivity contribution in [3.63, 3.8) is 0 Å². The molecule has 18 heavy (non-hydrogen) atoms. The maximum absolute atomic E-state index is 8.83. The molecule has 0 bridgehead atoms. The summed E-state index contributed by atoms with van der Waals surface area (Å²) in [7, 11) is 0. The maximum Gasteiger partial charge on any atom is 0.0770 e. The first kappa shape index (κ1) is 20.2. The molecule has 0 aromatic carbocycles. The van der Waals surface area contributed by atoms with E-state index in [1.807, 2.05) is 0 Å². The van der Waals surface area contributed by atoms with Gasteiger partial charge in [0, 0.05) is 0 Å². The Morgan fingerprint density at radius 3 is 1.61 bits per heavy atom. The lowest BCUT2D eigenvalue weighted by Crippen LogP contribution is -2.10. The third kappa shape index (κ3) is 21.2. The van der Waals surface area contributed by atoms with Crippen molar-refractivity contribution >= 4 is 0 Å². The molecule has 112 valence electrons. The first-order chi connectivity index (χ1) is 8.43. The van der Waals surface area contributed by atoms with Crippen LogP contribution in [0.5, 0.6) is 0 Å². The van der Waals surface area contributed by atoms with Gasteiger partial charge in [-0.2, -0.15) is 0 Å². The molecule has 0 spiro atoms. The Labute approximate surface area is 112 Å². The number of hydrogen-bond donors (Lipinski definition) is 4. The van der Waals surface area contributed by atoms with Gasteiger partial charge in [-0.15, -0.1) is 0 Å². The van der Waals surface area contributed by atoms with Crippen molar-refractivity contribution < 1.29 is 20.4 Å². The van der Waals surface area contributed by atoms with Gasteiger partial charge in [0.2, 0.25) is 0 Å². The summed E-state index contributed by atoms with van der Waals surface area (Å²) in [6.07, 6.45) is 5.66. The summed E-state index contributed by atoms with van der Waals surface area (Å²) in [5.74, 6) is 0. The molecule has 0 radical (unpaired) electrons. The fourth-order valence-corrected chi connectivity index (χ4v) is 1.43. The summed E-state index contributed by atoms with van der Waals surface area (Å²) in [5, 5.41) is 34.8. The Morgan fingerprint density at radius 1 is 0.778 bits per heavy atom. The van der Waals surface area contributed by atoms with Crippen molar-refractivity contribution in [3.05, 3.63) is 0 Å². The fraction of sp³-hybridized carbons (Fsp3) is 1.00. The molecule has 0 amide bonds. The highest BCUT2D eigenvalue weighted by Gasteiger charge is 1.99. The van der Waals surface area contributed by atoms with Crippen LogP contribution in [-0.4, -0.2) is 45.3 Å². The van der Waals surface area contributed by atoms with Gasteiger partial charge in [0.1, 0.15) is 0 Å². The molecule has 0 rings (SSSR count). The summed E-state index contributed by atoms with van der Waals surface area (Å²) >= 11 is 0. The van der Waals surface area contributed by atoms with E-state index >= 15 is 0 Å². The van der Waals surface area contributed by atoms with Crippen molar-refractivity contribution in [2.75, 3.05) is 6.61 Å². The number of aliphatic hydroxyl groups excluding tert-OH is 4. The van der Waals surface area contributed by atoms with E-state index in [0.29, 0.717) is 0 Å². The zero-order chi connectivity index (χ0) is 14.4. The zero-order valence-corrected chi connectivity index (χ0v) is 12.2. The van der Waals surface area contributed by atoms with Crippen LogP contribution in [0.2, 0.25) is 0 Å². The maximum atomic E-state index is 8.83. The molecule has 0 fully saturated rings. The van der Waals surface area contributed by atoms with Crippen molar-refractivity contribution in [2.24, 2.45) is 0 Å². The van der Waals surface area contributed by atoms with Crippen LogP contribution in [0.15, 0.2) is 0 Å². The molecule has 0 saturated carbocycles. The monoisotopic (exact) mass is 264 g/mol. The van der Waals surface area contributed by atoms with Gasteiger partial charge in [-0.3, -0.25) is 0 Å². The lowest BCUT2D eigenvalue weighted by Gasteiger charge is -2.04. The highest BCUT2D eigenvalue weighted by Crippen LogP contribution is 2.02. The molecule has 0 saturated heterocycles. The smallest absolute Gasteiger partial charge is 0.0770 e. The Hall–Kier alpha value is -0.160. The van der Waals surface area contributed by atoms with Crippen molar-refractivity contribution in [1.29, 1.82) is 0 Å². The van der Waals surface area contributed by atoms with Gasteiger partial charge in [-0.1, -0.05) is 26.2 Å². The highest BCUT2D eigenvalue weighted by atomic mass is 16.3. The molecule has 4 nitrogen and oxygen atoms in total. The minimum Gasteiger partial charge on any atom is -0.394 e. The molecule has 0 aliphatic heterocycles. The van der Waals surface area contributed by atoms with Gasteiger partial charge >= 0.3 is 0 Å². The van der Waals surface area contributed by atoms with Crippen molar-refractivity contribution in [2.45, 2.75) is 84.0 Å². The predicted octanol–water partition coefficient (Wildman–Crippen LogP) is 1.84. The first-order valence-corrected chi connectivity index (χ1v) is 7.09. The Balaban J connectivity index is 0.